The highest BCUT2D eigenvalue weighted by Crippen LogP contribution is 2.37. The summed E-state index contributed by atoms with van der Waals surface area (Å²) in [6, 6.07) is -0.333. The third-order valence-corrected chi connectivity index (χ3v) is 3.11. The van der Waals surface area contributed by atoms with Crippen molar-refractivity contribution in [3.63, 3.8) is 0 Å². The molecule has 1 aliphatic carbocycles. The van der Waals surface area contributed by atoms with Gasteiger partial charge in [0.05, 0.1) is 5.92 Å². The summed E-state index contributed by atoms with van der Waals surface area (Å²) in [5.41, 5.74) is 5.26. The third kappa shape index (κ3) is 5.91. The Morgan fingerprint density at radius 2 is 2.00 bits per heavy atom. The van der Waals surface area contributed by atoms with Gasteiger partial charge in [-0.05, 0) is 32.2 Å². The molecule has 0 aromatic heterocycles. The van der Waals surface area contributed by atoms with E-state index in [1.54, 1.807) is 0 Å². The normalized spacial score (nSPS) is 24.2. The van der Waals surface area contributed by atoms with E-state index in [2.05, 4.69) is 5.32 Å². The van der Waals surface area contributed by atoms with Crippen molar-refractivity contribution < 1.29 is 18.0 Å². The first kappa shape index (κ1) is 17.5. The summed E-state index contributed by atoms with van der Waals surface area (Å²) in [4.78, 5) is 11.4. The zero-order chi connectivity index (χ0) is 12.9. The zero-order valence-corrected chi connectivity index (χ0v) is 10.9. The Balaban J connectivity index is 0.00000289. The molecule has 1 fully saturated rings. The molecule has 1 saturated carbocycles. The first-order chi connectivity index (χ1) is 7.93. The second kappa shape index (κ2) is 7.84. The second-order valence-electron chi connectivity index (χ2n) is 4.56. The minimum atomic E-state index is -4.14. The molecule has 0 heterocycles. The van der Waals surface area contributed by atoms with Gasteiger partial charge in [-0.3, -0.25) is 4.79 Å². The van der Waals surface area contributed by atoms with Crippen LogP contribution in [0, 0.1) is 5.92 Å². The SMILES string of the molecule is Cl.NCCCC(=O)NC1CCCC(C(F)(F)F)C1. The maximum atomic E-state index is 12.5. The van der Waals surface area contributed by atoms with Crippen molar-refractivity contribution in [2.45, 2.75) is 50.7 Å². The average Bonchev–Trinajstić information content (AvgIpc) is 2.25. The Morgan fingerprint density at radius 3 is 2.56 bits per heavy atom. The lowest BCUT2D eigenvalue weighted by molar-refractivity contribution is -0.184. The van der Waals surface area contributed by atoms with Crippen LogP contribution in [-0.2, 0) is 4.79 Å². The van der Waals surface area contributed by atoms with Crippen LogP contribution < -0.4 is 11.1 Å². The van der Waals surface area contributed by atoms with E-state index in [0.717, 1.165) is 0 Å². The average molecular weight is 289 g/mol. The van der Waals surface area contributed by atoms with E-state index in [-0.39, 0.29) is 37.2 Å². The first-order valence-electron chi connectivity index (χ1n) is 5.99. The number of hydrogen-bond donors (Lipinski definition) is 2. The van der Waals surface area contributed by atoms with Gasteiger partial charge in [-0.2, -0.15) is 13.2 Å². The number of carbonyl (C=O) groups excluding carboxylic acids is 1. The zero-order valence-electron chi connectivity index (χ0n) is 10.1. The Labute approximate surface area is 111 Å². The Hall–Kier alpha value is -0.490. The van der Waals surface area contributed by atoms with Crippen LogP contribution in [0.25, 0.3) is 0 Å². The van der Waals surface area contributed by atoms with E-state index in [0.29, 0.717) is 32.2 Å². The van der Waals surface area contributed by atoms with Crippen LogP contribution in [0.4, 0.5) is 13.2 Å². The molecule has 0 saturated heterocycles. The van der Waals surface area contributed by atoms with Gasteiger partial charge in [0.2, 0.25) is 5.91 Å². The molecular formula is C11H20ClF3N2O. The monoisotopic (exact) mass is 288 g/mol. The van der Waals surface area contributed by atoms with Gasteiger partial charge < -0.3 is 11.1 Å². The summed E-state index contributed by atoms with van der Waals surface area (Å²) in [6.45, 7) is 0.420. The molecule has 7 heteroatoms. The number of halogens is 4. The summed E-state index contributed by atoms with van der Waals surface area (Å²) >= 11 is 0. The van der Waals surface area contributed by atoms with E-state index < -0.39 is 12.1 Å². The molecule has 1 aliphatic rings. The maximum Gasteiger partial charge on any atom is 0.391 e. The van der Waals surface area contributed by atoms with E-state index in [4.69, 9.17) is 5.73 Å². The fourth-order valence-corrected chi connectivity index (χ4v) is 2.18. The molecule has 0 aliphatic heterocycles. The molecule has 3 nitrogen and oxygen atoms in total. The fourth-order valence-electron chi connectivity index (χ4n) is 2.18. The number of nitrogens with two attached hydrogens (primary N) is 1. The highest BCUT2D eigenvalue weighted by atomic mass is 35.5. The van der Waals surface area contributed by atoms with Crippen LogP contribution in [0.5, 0.6) is 0 Å². The minimum absolute atomic E-state index is 0. The molecule has 0 aromatic rings. The van der Waals surface area contributed by atoms with Gasteiger partial charge in [0.25, 0.3) is 0 Å². The quantitative estimate of drug-likeness (QED) is 0.834. The highest BCUT2D eigenvalue weighted by Gasteiger charge is 2.42. The molecule has 0 aromatic carbocycles. The van der Waals surface area contributed by atoms with E-state index in [1.807, 2.05) is 0 Å². The van der Waals surface area contributed by atoms with Gasteiger partial charge in [-0.15, -0.1) is 12.4 Å². The second-order valence-corrected chi connectivity index (χ2v) is 4.56. The number of rotatable bonds is 4. The van der Waals surface area contributed by atoms with Crippen molar-refractivity contribution in [2.75, 3.05) is 6.54 Å². The lowest BCUT2D eigenvalue weighted by Crippen LogP contribution is -2.41. The molecule has 2 atom stereocenters. The summed E-state index contributed by atoms with van der Waals surface area (Å²) in [5.74, 6) is -1.46. The number of nitrogens with one attached hydrogen (secondary N) is 1. The van der Waals surface area contributed by atoms with E-state index >= 15 is 0 Å². The standard InChI is InChI=1S/C11H19F3N2O.ClH/c12-11(13,14)8-3-1-4-9(7-8)16-10(17)5-2-6-15;/h8-9H,1-7,15H2,(H,16,17);1H. The summed E-state index contributed by atoms with van der Waals surface area (Å²) in [5, 5.41) is 2.66. The number of carbonyl (C=O) groups is 1. The molecular weight excluding hydrogens is 269 g/mol. The van der Waals surface area contributed by atoms with Crippen molar-refractivity contribution in [1.82, 2.24) is 5.32 Å². The molecule has 18 heavy (non-hydrogen) atoms. The summed E-state index contributed by atoms with van der Waals surface area (Å²) in [7, 11) is 0. The largest absolute Gasteiger partial charge is 0.391 e. The van der Waals surface area contributed by atoms with Crippen LogP contribution in [0.1, 0.15) is 38.5 Å². The van der Waals surface area contributed by atoms with Crippen LogP contribution in [0.3, 0.4) is 0 Å². The van der Waals surface area contributed by atoms with Gasteiger partial charge in [-0.25, -0.2) is 0 Å². The van der Waals surface area contributed by atoms with Gasteiger partial charge in [0.1, 0.15) is 0 Å². The molecule has 1 rings (SSSR count). The number of hydrogen-bond acceptors (Lipinski definition) is 2. The summed E-state index contributed by atoms with van der Waals surface area (Å²) in [6.07, 6.45) is -1.92. The van der Waals surface area contributed by atoms with Crippen molar-refractivity contribution in [1.29, 1.82) is 0 Å². The Bertz CT molecular complexity index is 261. The maximum absolute atomic E-state index is 12.5. The Kier molecular flexibility index (Phi) is 7.62. The van der Waals surface area contributed by atoms with Crippen molar-refractivity contribution in [3.8, 4) is 0 Å². The van der Waals surface area contributed by atoms with Crippen LogP contribution in [-0.4, -0.2) is 24.7 Å². The lowest BCUT2D eigenvalue weighted by atomic mass is 9.85. The molecule has 3 N–H and O–H groups in total. The van der Waals surface area contributed by atoms with Crippen molar-refractivity contribution in [3.05, 3.63) is 0 Å². The van der Waals surface area contributed by atoms with E-state index in [1.165, 1.54) is 0 Å². The molecule has 1 amide bonds. The fraction of sp³-hybridized carbons (Fsp3) is 0.909. The summed E-state index contributed by atoms with van der Waals surface area (Å²) < 4.78 is 37.6. The van der Waals surface area contributed by atoms with Crippen molar-refractivity contribution >= 4 is 18.3 Å². The lowest BCUT2D eigenvalue weighted by Gasteiger charge is -2.31. The predicted molar refractivity (Wildman–Crippen MR) is 65.5 cm³/mol. The third-order valence-electron chi connectivity index (χ3n) is 3.11. The van der Waals surface area contributed by atoms with Gasteiger partial charge in [-0.1, -0.05) is 6.42 Å². The predicted octanol–water partition coefficient (Wildman–Crippen LogP) is 2.38. The molecule has 0 radical (unpaired) electrons. The highest BCUT2D eigenvalue weighted by molar-refractivity contribution is 5.85. The molecule has 0 bridgehead atoms. The molecule has 108 valence electrons. The Morgan fingerprint density at radius 1 is 1.33 bits per heavy atom. The van der Waals surface area contributed by atoms with Crippen LogP contribution in [0.2, 0.25) is 0 Å². The van der Waals surface area contributed by atoms with Gasteiger partial charge in [0.15, 0.2) is 0 Å². The molecule has 2 unspecified atom stereocenters. The number of alkyl halides is 3. The van der Waals surface area contributed by atoms with Crippen LogP contribution in [0.15, 0.2) is 0 Å². The molecule has 0 spiro atoms. The van der Waals surface area contributed by atoms with Crippen molar-refractivity contribution in [2.24, 2.45) is 11.7 Å². The first-order valence-corrected chi connectivity index (χ1v) is 5.99. The van der Waals surface area contributed by atoms with E-state index in [9.17, 15) is 18.0 Å². The minimum Gasteiger partial charge on any atom is -0.353 e. The van der Waals surface area contributed by atoms with Crippen LogP contribution >= 0.6 is 12.4 Å². The number of amides is 1. The smallest absolute Gasteiger partial charge is 0.353 e. The van der Waals surface area contributed by atoms with Gasteiger partial charge in [0, 0.05) is 12.5 Å². The topological polar surface area (TPSA) is 55.1 Å². The van der Waals surface area contributed by atoms with Gasteiger partial charge >= 0.3 is 6.18 Å².